The number of imide groups is 2. The van der Waals surface area contributed by atoms with Crippen LogP contribution in [-0.2, 0) is 52.7 Å². The quantitative estimate of drug-likeness (QED) is 0.224. The van der Waals surface area contributed by atoms with Crippen LogP contribution in [0.5, 0.6) is 0 Å². The number of nitrogens with zero attached hydrogens (tertiary/aromatic N) is 2. The minimum atomic E-state index is -6.28. The Hall–Kier alpha value is -2.36. The lowest BCUT2D eigenvalue weighted by Gasteiger charge is -2.55. The number of rotatable bonds is 6. The number of carbonyl (C=O) groups excluding carboxylic acids is 4. The molecule has 10 unspecified atom stereocenters. The van der Waals surface area contributed by atoms with Crippen molar-refractivity contribution in [3.63, 3.8) is 0 Å². The first-order chi connectivity index (χ1) is 21.7. The fourth-order valence-electron chi connectivity index (χ4n) is 9.00. The SMILES string of the molecule is O=C1C2CCCC3C(OC4CCC5C(=O)N(OS(=O)(=O)C(F)(F)F)C(=O)C6CCCC4C65)CCC(C(=O)N1OS(=O)(=O)C(F)(F)F)C23. The normalized spacial score (nSPS) is 38.3. The van der Waals surface area contributed by atoms with Crippen molar-refractivity contribution in [2.45, 2.75) is 87.4 Å². The van der Waals surface area contributed by atoms with Crippen LogP contribution in [0.15, 0.2) is 0 Å². The van der Waals surface area contributed by atoms with Crippen LogP contribution in [0.4, 0.5) is 26.3 Å². The molecule has 21 heteroatoms. The van der Waals surface area contributed by atoms with Gasteiger partial charge in [-0.05, 0) is 75.0 Å². The van der Waals surface area contributed by atoms with Gasteiger partial charge in [0.15, 0.2) is 0 Å². The molecule has 0 aromatic carbocycles. The Kier molecular flexibility index (Phi) is 8.53. The van der Waals surface area contributed by atoms with Gasteiger partial charge in [-0.1, -0.05) is 12.8 Å². The van der Waals surface area contributed by atoms with Crippen molar-refractivity contribution in [3.8, 4) is 0 Å². The van der Waals surface area contributed by atoms with Crippen molar-refractivity contribution in [3.05, 3.63) is 0 Å². The number of halogens is 6. The van der Waals surface area contributed by atoms with Gasteiger partial charge >= 0.3 is 31.3 Å². The first kappa shape index (κ1) is 34.5. The molecule has 6 fully saturated rings. The fourth-order valence-corrected chi connectivity index (χ4v) is 9.86. The standard InChI is InChI=1S/C26H30F6N2O11S2/c27-25(28,29)46(39,40)44-33-21(35)13-5-1-3-11-17(9-7-15(19(11)13)23(33)37)43-18-10-8-16-20-12(18)4-2-6-14(20)22(36)34(24(16)38)45-47(41,42)26(30,31)32/h11-20H,1-10H2. The molecule has 0 bridgehead atoms. The van der Waals surface area contributed by atoms with Crippen molar-refractivity contribution < 1.29 is 75.7 Å². The van der Waals surface area contributed by atoms with Crippen LogP contribution < -0.4 is 0 Å². The maximum Gasteiger partial charge on any atom is 0.525 e. The van der Waals surface area contributed by atoms with E-state index < -0.39 is 114 Å². The number of ether oxygens (including phenoxy) is 1. The highest BCUT2D eigenvalue weighted by molar-refractivity contribution is 7.87. The van der Waals surface area contributed by atoms with E-state index in [2.05, 4.69) is 8.57 Å². The van der Waals surface area contributed by atoms with Gasteiger partial charge in [0.1, 0.15) is 0 Å². The van der Waals surface area contributed by atoms with Crippen LogP contribution in [0, 0.1) is 47.3 Å². The van der Waals surface area contributed by atoms with Crippen molar-refractivity contribution >= 4 is 43.9 Å². The zero-order chi connectivity index (χ0) is 34.4. The summed E-state index contributed by atoms with van der Waals surface area (Å²) in [6.45, 7) is 0. The van der Waals surface area contributed by atoms with E-state index in [-0.39, 0.29) is 48.7 Å². The molecule has 0 radical (unpaired) electrons. The minimum Gasteiger partial charge on any atom is -0.374 e. The zero-order valence-electron chi connectivity index (χ0n) is 24.3. The maximum absolute atomic E-state index is 13.2. The molecule has 6 aliphatic rings. The molecule has 0 aromatic rings. The van der Waals surface area contributed by atoms with Crippen LogP contribution in [0.1, 0.15) is 64.2 Å². The van der Waals surface area contributed by atoms with Gasteiger partial charge < -0.3 is 4.74 Å². The summed E-state index contributed by atoms with van der Waals surface area (Å²) < 4.78 is 139. The topological polar surface area (TPSA) is 171 Å². The van der Waals surface area contributed by atoms with Crippen molar-refractivity contribution in [1.82, 2.24) is 10.1 Å². The van der Waals surface area contributed by atoms with Gasteiger partial charge in [-0.25, -0.2) is 0 Å². The Morgan fingerprint density at radius 1 is 0.511 bits per heavy atom. The number of hydroxylamine groups is 4. The van der Waals surface area contributed by atoms with Crippen LogP contribution in [0.2, 0.25) is 0 Å². The Balaban J connectivity index is 1.19. The lowest BCUT2D eigenvalue weighted by Crippen LogP contribution is -2.62. The summed E-state index contributed by atoms with van der Waals surface area (Å²) in [6, 6.07) is 0. The predicted molar refractivity (Wildman–Crippen MR) is 139 cm³/mol. The molecule has 0 aromatic heterocycles. The second kappa shape index (κ2) is 11.6. The summed E-state index contributed by atoms with van der Waals surface area (Å²) in [6.07, 6.45) is 1.77. The van der Waals surface area contributed by atoms with Crippen molar-refractivity contribution in [2.75, 3.05) is 0 Å². The highest BCUT2D eigenvalue weighted by atomic mass is 32.2. The third-order valence-corrected chi connectivity index (χ3v) is 12.6. The van der Waals surface area contributed by atoms with E-state index in [1.54, 1.807) is 0 Å². The highest BCUT2D eigenvalue weighted by Gasteiger charge is 2.62. The van der Waals surface area contributed by atoms with Crippen LogP contribution in [-0.4, -0.2) is 73.8 Å². The van der Waals surface area contributed by atoms with Gasteiger partial charge in [-0.2, -0.15) is 43.2 Å². The average molecular weight is 725 g/mol. The van der Waals surface area contributed by atoms with E-state index >= 15 is 0 Å². The van der Waals surface area contributed by atoms with Crippen molar-refractivity contribution in [1.29, 1.82) is 0 Å². The molecule has 264 valence electrons. The Morgan fingerprint density at radius 2 is 0.830 bits per heavy atom. The lowest BCUT2D eigenvalue weighted by molar-refractivity contribution is -0.213. The first-order valence-electron chi connectivity index (χ1n) is 15.2. The lowest BCUT2D eigenvalue weighted by atomic mass is 9.57. The maximum atomic E-state index is 13.2. The van der Waals surface area contributed by atoms with E-state index in [0.29, 0.717) is 25.7 Å². The number of piperidine rings is 2. The molecule has 2 aliphatic heterocycles. The van der Waals surface area contributed by atoms with E-state index in [1.807, 2.05) is 0 Å². The zero-order valence-corrected chi connectivity index (χ0v) is 25.9. The predicted octanol–water partition coefficient (Wildman–Crippen LogP) is 2.93. The molecule has 0 N–H and O–H groups in total. The minimum absolute atomic E-state index is 0.0589. The van der Waals surface area contributed by atoms with Gasteiger partial charge in [-0.15, -0.1) is 18.7 Å². The third kappa shape index (κ3) is 5.66. The van der Waals surface area contributed by atoms with Crippen LogP contribution >= 0.6 is 0 Å². The van der Waals surface area contributed by atoms with Gasteiger partial charge in [0.25, 0.3) is 23.6 Å². The molecule has 6 rings (SSSR count). The van der Waals surface area contributed by atoms with Gasteiger partial charge in [0.2, 0.25) is 0 Å². The smallest absolute Gasteiger partial charge is 0.374 e. The summed E-state index contributed by atoms with van der Waals surface area (Å²) in [5, 5.41) is -0.544. The van der Waals surface area contributed by atoms with Gasteiger partial charge in [0, 0.05) is 23.7 Å². The number of amides is 4. The molecular weight excluding hydrogens is 694 g/mol. The second-order valence-corrected chi connectivity index (χ2v) is 16.1. The fraction of sp³-hybridized carbons (Fsp3) is 0.846. The molecule has 4 saturated carbocycles. The third-order valence-electron chi connectivity index (χ3n) is 10.8. The summed E-state index contributed by atoms with van der Waals surface area (Å²) >= 11 is 0. The Morgan fingerprint density at radius 3 is 1.15 bits per heavy atom. The van der Waals surface area contributed by atoms with E-state index in [9.17, 15) is 62.4 Å². The summed E-state index contributed by atoms with van der Waals surface area (Å²) in [5.41, 5.74) is -11.7. The summed E-state index contributed by atoms with van der Waals surface area (Å²) in [4.78, 5) is 52.6. The average Bonchev–Trinajstić information content (AvgIpc) is 2.98. The largest absolute Gasteiger partial charge is 0.525 e. The molecule has 13 nitrogen and oxygen atoms in total. The summed E-state index contributed by atoms with van der Waals surface area (Å²) in [7, 11) is -12.6. The number of hydrogen-bond acceptors (Lipinski definition) is 11. The van der Waals surface area contributed by atoms with E-state index in [4.69, 9.17) is 4.74 Å². The molecule has 47 heavy (non-hydrogen) atoms. The van der Waals surface area contributed by atoms with E-state index in [1.165, 1.54) is 0 Å². The second-order valence-electron chi connectivity index (χ2n) is 13.0. The highest BCUT2D eigenvalue weighted by Crippen LogP contribution is 2.55. The summed E-state index contributed by atoms with van der Waals surface area (Å²) in [5.74, 6) is -10.8. The van der Waals surface area contributed by atoms with E-state index in [0.717, 1.165) is 0 Å². The molecule has 2 saturated heterocycles. The molecular formula is C26H30F6N2O11S2. The monoisotopic (exact) mass is 724 g/mol. The molecule has 4 amide bonds. The number of hydrogen-bond donors (Lipinski definition) is 0. The van der Waals surface area contributed by atoms with Gasteiger partial charge in [-0.3, -0.25) is 19.2 Å². The Bertz CT molecular complexity index is 1420. The number of carbonyl (C=O) groups is 4. The van der Waals surface area contributed by atoms with Crippen molar-refractivity contribution in [2.24, 2.45) is 47.3 Å². The Labute approximate surface area is 264 Å². The van der Waals surface area contributed by atoms with Crippen LogP contribution in [0.25, 0.3) is 0 Å². The first-order valence-corrected chi connectivity index (χ1v) is 18.0. The molecule has 0 spiro atoms. The molecule has 10 atom stereocenters. The van der Waals surface area contributed by atoms with Crippen LogP contribution in [0.3, 0.4) is 0 Å². The number of alkyl halides is 6. The molecule has 2 heterocycles. The molecule has 4 aliphatic carbocycles. The van der Waals surface area contributed by atoms with Gasteiger partial charge in [0.05, 0.1) is 12.2 Å².